The number of quaternary nitrogens is 1. The molecule has 5 rings (SSSR count). The Balaban J connectivity index is 1.80. The highest BCUT2D eigenvalue weighted by Crippen LogP contribution is 2.37. The van der Waals surface area contributed by atoms with Crippen LogP contribution >= 0.6 is 0 Å². The lowest BCUT2D eigenvalue weighted by molar-refractivity contribution is -0.869. The number of carbonyl (C=O) groups excluding carboxylic acids is 1. The van der Waals surface area contributed by atoms with Crippen LogP contribution in [0.25, 0.3) is 50.4 Å². The van der Waals surface area contributed by atoms with Crippen LogP contribution in [0.5, 0.6) is 0 Å². The maximum absolute atomic E-state index is 13.1. The Morgan fingerprint density at radius 3 is 2.25 bits per heavy atom. The normalized spacial score (nSPS) is 13.2. The van der Waals surface area contributed by atoms with Gasteiger partial charge in [-0.3, -0.25) is 9.59 Å². The number of rotatable bonds is 11. The van der Waals surface area contributed by atoms with Crippen LogP contribution in [-0.2, 0) is 16.0 Å². The van der Waals surface area contributed by atoms with Crippen molar-refractivity contribution in [3.63, 3.8) is 0 Å². The molecule has 250 valence electrons. The number of carbonyl (C=O) groups is 2. The van der Waals surface area contributed by atoms with Gasteiger partial charge < -0.3 is 24.9 Å². The standard InChI is InChI=1S/C39H46N6O3/c1-10-27-23(4)31-20-32-25(6)29(13-15-37(47)48)34(42-32)19-26-18-22(3)38(41-26)30(12-14-36(46)40-16-17-45(7,8)9)39-28(11-2)24(5)33(44-39)21-35(27)43-31/h10-11,18-21H,1-2,12-17H2,3-9H3,(H3-,40,41,42,43,44,46,47,48)/p+1. The monoisotopic (exact) mass is 647 g/mol. The first kappa shape index (κ1) is 34.3. The van der Waals surface area contributed by atoms with Gasteiger partial charge in [0, 0.05) is 51.6 Å². The molecule has 0 saturated carbocycles. The van der Waals surface area contributed by atoms with Gasteiger partial charge in [-0.2, -0.15) is 0 Å². The van der Waals surface area contributed by atoms with Crippen molar-refractivity contribution < 1.29 is 19.2 Å². The van der Waals surface area contributed by atoms with Crippen molar-refractivity contribution in [2.24, 2.45) is 0 Å². The summed E-state index contributed by atoms with van der Waals surface area (Å²) in [7, 11) is 6.31. The van der Waals surface area contributed by atoms with E-state index in [1.807, 2.05) is 51.1 Å². The molecule has 3 aromatic heterocycles. The second-order valence-corrected chi connectivity index (χ2v) is 13.7. The average Bonchev–Trinajstić information content (AvgIpc) is 3.70. The summed E-state index contributed by atoms with van der Waals surface area (Å²) in [6, 6.07) is 8.12. The predicted octanol–water partition coefficient (Wildman–Crippen LogP) is 7.24. The molecular formula is C39H47N6O3+. The predicted molar refractivity (Wildman–Crippen MR) is 197 cm³/mol. The van der Waals surface area contributed by atoms with Crippen molar-refractivity contribution in [3.05, 3.63) is 88.5 Å². The molecule has 1 amide bonds. The number of H-pyrrole nitrogens is 2. The second kappa shape index (κ2) is 13.6. The highest BCUT2D eigenvalue weighted by atomic mass is 16.4. The average molecular weight is 648 g/mol. The molecule has 5 heterocycles. The third kappa shape index (κ3) is 7.11. The molecule has 0 aromatic carbocycles. The van der Waals surface area contributed by atoms with Gasteiger partial charge in [-0.15, -0.1) is 0 Å². The summed E-state index contributed by atoms with van der Waals surface area (Å²) in [5.74, 6) is -0.863. The van der Waals surface area contributed by atoms with Gasteiger partial charge in [-0.1, -0.05) is 25.3 Å². The van der Waals surface area contributed by atoms with Crippen molar-refractivity contribution in [1.82, 2.24) is 25.3 Å². The Kier molecular flexibility index (Phi) is 9.73. The fraction of sp³-hybridized carbons (Fsp3) is 0.333. The van der Waals surface area contributed by atoms with Gasteiger partial charge in [-0.25, -0.2) is 9.97 Å². The molecular weight excluding hydrogens is 600 g/mol. The Morgan fingerprint density at radius 2 is 1.58 bits per heavy atom. The first-order chi connectivity index (χ1) is 22.7. The molecule has 48 heavy (non-hydrogen) atoms. The molecule has 0 radical (unpaired) electrons. The van der Waals surface area contributed by atoms with E-state index in [-0.39, 0.29) is 12.3 Å². The number of aliphatic carboxylic acids is 1. The Morgan fingerprint density at radius 1 is 0.875 bits per heavy atom. The summed E-state index contributed by atoms with van der Waals surface area (Å²) >= 11 is 0. The van der Waals surface area contributed by atoms with E-state index in [0.717, 1.165) is 100 Å². The molecule has 8 bridgehead atoms. The SMILES string of the molecule is C=CC1=C(C)c2cc3[nH]c(cc4nc(cc5cc(C)c([nH]5)c(CCC(=O)NCC[N+](C)(C)C)c1n2)C(CCC(=O)O)=C4C)c(C)c3C=C. The molecule has 0 spiro atoms. The van der Waals surface area contributed by atoms with E-state index in [2.05, 4.69) is 62.6 Å². The minimum absolute atomic E-state index is 0.00623. The molecule has 0 saturated heterocycles. The van der Waals surface area contributed by atoms with Crippen LogP contribution in [0.1, 0.15) is 78.1 Å². The third-order valence-electron chi connectivity index (χ3n) is 9.21. The summed E-state index contributed by atoms with van der Waals surface area (Å²) in [6.07, 6.45) is 4.82. The van der Waals surface area contributed by atoms with Crippen LogP contribution in [0.15, 0.2) is 43.5 Å². The fourth-order valence-corrected chi connectivity index (χ4v) is 6.43. The molecule has 2 aliphatic heterocycles. The number of hydrogen-bond donors (Lipinski definition) is 4. The molecule has 4 N–H and O–H groups in total. The topological polar surface area (TPSA) is 124 Å². The molecule has 0 aliphatic carbocycles. The zero-order chi connectivity index (χ0) is 34.9. The number of nitrogens with zero attached hydrogens (tertiary/aromatic N) is 3. The largest absolute Gasteiger partial charge is 0.481 e. The van der Waals surface area contributed by atoms with Crippen LogP contribution < -0.4 is 5.32 Å². The van der Waals surface area contributed by atoms with E-state index < -0.39 is 5.97 Å². The maximum atomic E-state index is 13.1. The first-order valence-electron chi connectivity index (χ1n) is 16.4. The van der Waals surface area contributed by atoms with E-state index in [0.29, 0.717) is 25.8 Å². The van der Waals surface area contributed by atoms with E-state index >= 15 is 0 Å². The zero-order valence-corrected chi connectivity index (χ0v) is 29.2. The molecule has 0 fully saturated rings. The number of likely N-dealkylation sites (N-methyl/N-ethyl adjacent to an activating group) is 1. The van der Waals surface area contributed by atoms with Crippen LogP contribution in [-0.4, -0.2) is 75.6 Å². The van der Waals surface area contributed by atoms with E-state index in [9.17, 15) is 14.7 Å². The number of aromatic amines is 2. The quantitative estimate of drug-likeness (QED) is 0.163. The smallest absolute Gasteiger partial charge is 0.303 e. The number of fused-ring (bicyclic) bond motifs is 8. The van der Waals surface area contributed by atoms with Gasteiger partial charge >= 0.3 is 5.97 Å². The molecule has 9 heteroatoms. The molecule has 0 atom stereocenters. The summed E-state index contributed by atoms with van der Waals surface area (Å²) in [5.41, 5.74) is 14.3. The van der Waals surface area contributed by atoms with Crippen LogP contribution in [0.2, 0.25) is 0 Å². The van der Waals surface area contributed by atoms with E-state index in [1.165, 1.54) is 0 Å². The number of aromatic nitrogens is 4. The van der Waals surface area contributed by atoms with Gasteiger partial charge in [0.2, 0.25) is 5.91 Å². The molecule has 3 aromatic rings. The zero-order valence-electron chi connectivity index (χ0n) is 29.2. The van der Waals surface area contributed by atoms with Gasteiger partial charge in [0.05, 0.1) is 57.0 Å². The van der Waals surface area contributed by atoms with Crippen molar-refractivity contribution in [2.45, 2.75) is 53.4 Å². The lowest BCUT2D eigenvalue weighted by atomic mass is 9.99. The van der Waals surface area contributed by atoms with E-state index in [1.54, 1.807) is 0 Å². The summed E-state index contributed by atoms with van der Waals surface area (Å²) in [5, 5.41) is 12.6. The number of allylic oxidation sites excluding steroid dienone is 5. The minimum atomic E-state index is -0.852. The van der Waals surface area contributed by atoms with Gasteiger partial charge in [-0.05, 0) is 92.6 Å². The Bertz CT molecular complexity index is 2070. The minimum Gasteiger partial charge on any atom is -0.481 e. The Labute approximate surface area is 282 Å². The second-order valence-electron chi connectivity index (χ2n) is 13.7. The first-order valence-corrected chi connectivity index (χ1v) is 16.4. The van der Waals surface area contributed by atoms with Gasteiger partial charge in [0.15, 0.2) is 0 Å². The number of aryl methyl sites for hydroxylation is 3. The lowest BCUT2D eigenvalue weighted by Crippen LogP contribution is -2.41. The number of nitrogens with one attached hydrogen (secondary N) is 3. The van der Waals surface area contributed by atoms with E-state index in [4.69, 9.17) is 9.97 Å². The van der Waals surface area contributed by atoms with Crippen molar-refractivity contribution in [3.8, 4) is 0 Å². The molecule has 2 aliphatic rings. The van der Waals surface area contributed by atoms with Crippen LogP contribution in [0.3, 0.4) is 0 Å². The number of carboxylic acids is 1. The van der Waals surface area contributed by atoms with Crippen molar-refractivity contribution in [2.75, 3.05) is 34.2 Å². The summed E-state index contributed by atoms with van der Waals surface area (Å²) in [6.45, 7) is 17.8. The lowest BCUT2D eigenvalue weighted by Gasteiger charge is -2.23. The Hall–Kier alpha value is -5.02. The van der Waals surface area contributed by atoms with Crippen molar-refractivity contribution in [1.29, 1.82) is 0 Å². The van der Waals surface area contributed by atoms with Crippen LogP contribution in [0, 0.1) is 13.8 Å². The highest BCUT2D eigenvalue weighted by molar-refractivity contribution is 5.99. The highest BCUT2D eigenvalue weighted by Gasteiger charge is 2.22. The summed E-state index contributed by atoms with van der Waals surface area (Å²) < 4.78 is 0.766. The van der Waals surface area contributed by atoms with Crippen LogP contribution in [0.4, 0.5) is 0 Å². The maximum Gasteiger partial charge on any atom is 0.303 e. The molecule has 9 nitrogen and oxygen atoms in total. The number of amides is 1. The molecule has 0 unspecified atom stereocenters. The van der Waals surface area contributed by atoms with Gasteiger partial charge in [0.1, 0.15) is 0 Å². The third-order valence-corrected chi connectivity index (χ3v) is 9.21. The number of hydrogen-bond acceptors (Lipinski definition) is 4. The number of carboxylic acid groups (broad SMARTS) is 1. The van der Waals surface area contributed by atoms with Gasteiger partial charge in [0.25, 0.3) is 0 Å². The fourth-order valence-electron chi connectivity index (χ4n) is 6.43. The summed E-state index contributed by atoms with van der Waals surface area (Å²) in [4.78, 5) is 42.1. The van der Waals surface area contributed by atoms with Crippen molar-refractivity contribution >= 4 is 62.3 Å².